The molecule has 0 saturated carbocycles. The number of amides is 1. The molecule has 4 N–H and O–H groups in total. The molecule has 0 bridgehead atoms. The van der Waals surface area contributed by atoms with Gasteiger partial charge in [-0.3, -0.25) is 9.78 Å². The summed E-state index contributed by atoms with van der Waals surface area (Å²) in [6.07, 6.45) is 4.17. The summed E-state index contributed by atoms with van der Waals surface area (Å²) in [5.41, 5.74) is 6.93. The molecule has 2 atom stereocenters. The van der Waals surface area contributed by atoms with Crippen LogP contribution in [0.15, 0.2) is 18.3 Å². The first-order valence-corrected chi connectivity index (χ1v) is 8.03. The minimum atomic E-state index is -0.674. The highest BCUT2D eigenvalue weighted by Crippen LogP contribution is 2.21. The zero-order valence-electron chi connectivity index (χ0n) is 13.9. The Kier molecular flexibility index (Phi) is 6.22. The standard InChI is InChI=1S/C16H23FN6O/c1-3-4-6-11(13(9-17)20-10(2)24)21-15-14-12(7-5-8-19-14)22-16(18)23-15/h5,7-8,11,13H,3-4,6,9H2,1-2H3,(H,20,24)(H3,18,21,22,23)/t11-,13?/m1/s1. The third-order valence-electron chi connectivity index (χ3n) is 3.70. The van der Waals surface area contributed by atoms with Gasteiger partial charge in [-0.25, -0.2) is 9.37 Å². The number of hydrogen-bond acceptors (Lipinski definition) is 6. The quantitative estimate of drug-likeness (QED) is 0.682. The number of halogens is 1. The van der Waals surface area contributed by atoms with Crippen LogP contribution in [0.5, 0.6) is 0 Å². The van der Waals surface area contributed by atoms with Crippen molar-refractivity contribution < 1.29 is 9.18 Å². The normalized spacial score (nSPS) is 13.5. The number of nitrogen functional groups attached to an aromatic ring is 1. The third kappa shape index (κ3) is 4.50. The molecule has 1 unspecified atom stereocenters. The molecule has 2 rings (SSSR count). The van der Waals surface area contributed by atoms with Crippen molar-refractivity contribution in [2.75, 3.05) is 17.7 Å². The zero-order chi connectivity index (χ0) is 17.5. The van der Waals surface area contributed by atoms with Gasteiger partial charge in [-0.2, -0.15) is 4.98 Å². The van der Waals surface area contributed by atoms with E-state index in [1.54, 1.807) is 18.3 Å². The number of carbonyl (C=O) groups is 1. The van der Waals surface area contributed by atoms with E-state index in [0.717, 1.165) is 12.8 Å². The van der Waals surface area contributed by atoms with Crippen LogP contribution in [0.4, 0.5) is 16.2 Å². The Morgan fingerprint density at radius 1 is 1.38 bits per heavy atom. The van der Waals surface area contributed by atoms with Gasteiger partial charge < -0.3 is 16.4 Å². The highest BCUT2D eigenvalue weighted by Gasteiger charge is 2.23. The van der Waals surface area contributed by atoms with Gasteiger partial charge in [-0.05, 0) is 18.6 Å². The number of unbranched alkanes of at least 4 members (excludes halogenated alkanes) is 1. The highest BCUT2D eigenvalue weighted by atomic mass is 19.1. The first-order valence-electron chi connectivity index (χ1n) is 8.03. The van der Waals surface area contributed by atoms with Crippen LogP contribution < -0.4 is 16.4 Å². The molecule has 2 heterocycles. The maximum atomic E-state index is 13.5. The van der Waals surface area contributed by atoms with E-state index in [9.17, 15) is 9.18 Å². The van der Waals surface area contributed by atoms with Crippen LogP contribution >= 0.6 is 0 Å². The van der Waals surface area contributed by atoms with Crippen LogP contribution in [0.25, 0.3) is 11.0 Å². The first kappa shape index (κ1) is 17.8. The van der Waals surface area contributed by atoms with Crippen molar-refractivity contribution in [1.29, 1.82) is 0 Å². The number of carbonyl (C=O) groups excluding carboxylic acids is 1. The Hall–Kier alpha value is -2.51. The molecule has 1 amide bonds. The fraction of sp³-hybridized carbons (Fsp3) is 0.500. The molecule has 0 aliphatic rings. The van der Waals surface area contributed by atoms with E-state index in [-0.39, 0.29) is 17.9 Å². The molecule has 130 valence electrons. The van der Waals surface area contributed by atoms with Gasteiger partial charge in [0.2, 0.25) is 11.9 Å². The lowest BCUT2D eigenvalue weighted by Crippen LogP contribution is -2.47. The lowest BCUT2D eigenvalue weighted by Gasteiger charge is -2.27. The average Bonchev–Trinajstić information content (AvgIpc) is 2.56. The van der Waals surface area contributed by atoms with Gasteiger partial charge in [0, 0.05) is 13.1 Å². The number of nitrogens with zero attached hydrogens (tertiary/aromatic N) is 3. The summed E-state index contributed by atoms with van der Waals surface area (Å²) in [5, 5.41) is 5.86. The number of anilines is 2. The number of fused-ring (bicyclic) bond motifs is 1. The van der Waals surface area contributed by atoms with E-state index in [1.807, 2.05) is 0 Å². The molecule has 7 nitrogen and oxygen atoms in total. The summed E-state index contributed by atoms with van der Waals surface area (Å²) < 4.78 is 13.5. The lowest BCUT2D eigenvalue weighted by molar-refractivity contribution is -0.119. The molecule has 0 radical (unpaired) electrons. The van der Waals surface area contributed by atoms with E-state index in [4.69, 9.17) is 5.73 Å². The van der Waals surface area contributed by atoms with Crippen molar-refractivity contribution in [2.45, 2.75) is 45.2 Å². The van der Waals surface area contributed by atoms with E-state index < -0.39 is 12.7 Å². The predicted molar refractivity (Wildman–Crippen MR) is 92.3 cm³/mol. The molecular formula is C16H23FN6O. The van der Waals surface area contributed by atoms with Crippen molar-refractivity contribution in [1.82, 2.24) is 20.3 Å². The average molecular weight is 334 g/mol. The number of alkyl halides is 1. The second-order valence-electron chi connectivity index (χ2n) is 5.66. The van der Waals surface area contributed by atoms with Crippen LogP contribution in [0.3, 0.4) is 0 Å². The van der Waals surface area contributed by atoms with Gasteiger partial charge >= 0.3 is 0 Å². The van der Waals surface area contributed by atoms with Crippen molar-refractivity contribution in [3.05, 3.63) is 18.3 Å². The Labute approximate surface area is 140 Å². The zero-order valence-corrected chi connectivity index (χ0v) is 13.9. The number of aromatic nitrogens is 3. The third-order valence-corrected chi connectivity index (χ3v) is 3.70. The first-order chi connectivity index (χ1) is 11.5. The van der Waals surface area contributed by atoms with E-state index in [2.05, 4.69) is 32.5 Å². The molecule has 0 fully saturated rings. The summed E-state index contributed by atoms with van der Waals surface area (Å²) in [6.45, 7) is 2.76. The molecule has 0 spiro atoms. The smallest absolute Gasteiger partial charge is 0.222 e. The Morgan fingerprint density at radius 3 is 2.83 bits per heavy atom. The van der Waals surface area contributed by atoms with Crippen LogP contribution in [-0.4, -0.2) is 39.6 Å². The summed E-state index contributed by atoms with van der Waals surface area (Å²) in [7, 11) is 0. The van der Waals surface area contributed by atoms with Crippen molar-refractivity contribution in [2.24, 2.45) is 0 Å². The maximum absolute atomic E-state index is 13.5. The number of nitrogens with two attached hydrogens (primary N) is 1. The summed E-state index contributed by atoms with van der Waals surface area (Å²) >= 11 is 0. The van der Waals surface area contributed by atoms with Crippen LogP contribution in [0.2, 0.25) is 0 Å². The fourth-order valence-corrected chi connectivity index (χ4v) is 2.57. The lowest BCUT2D eigenvalue weighted by atomic mass is 10.0. The van der Waals surface area contributed by atoms with Gasteiger partial charge in [0.1, 0.15) is 12.2 Å². The molecule has 24 heavy (non-hydrogen) atoms. The molecule has 0 saturated heterocycles. The van der Waals surface area contributed by atoms with Gasteiger partial charge in [-0.15, -0.1) is 0 Å². The summed E-state index contributed by atoms with van der Waals surface area (Å²) in [5.74, 6) is 0.290. The monoisotopic (exact) mass is 334 g/mol. The number of pyridine rings is 1. The summed E-state index contributed by atoms with van der Waals surface area (Å²) in [4.78, 5) is 24.0. The van der Waals surface area contributed by atoms with Crippen LogP contribution in [-0.2, 0) is 4.79 Å². The number of rotatable bonds is 8. The highest BCUT2D eigenvalue weighted by molar-refractivity contribution is 5.86. The van der Waals surface area contributed by atoms with Crippen LogP contribution in [0.1, 0.15) is 33.1 Å². The van der Waals surface area contributed by atoms with E-state index in [1.165, 1.54) is 6.92 Å². The molecule has 2 aromatic rings. The second kappa shape index (κ2) is 8.37. The van der Waals surface area contributed by atoms with Crippen molar-refractivity contribution in [3.8, 4) is 0 Å². The molecule has 2 aromatic heterocycles. The SMILES string of the molecule is CCCC[C@@H](Nc1nc(N)nc2cccnc12)C(CF)NC(C)=O. The minimum absolute atomic E-state index is 0.114. The van der Waals surface area contributed by atoms with Gasteiger partial charge in [0.05, 0.1) is 17.6 Å². The second-order valence-corrected chi connectivity index (χ2v) is 5.66. The fourth-order valence-electron chi connectivity index (χ4n) is 2.57. The Morgan fingerprint density at radius 2 is 2.17 bits per heavy atom. The molecular weight excluding hydrogens is 311 g/mol. The Bertz CT molecular complexity index is 695. The number of hydrogen-bond donors (Lipinski definition) is 3. The van der Waals surface area contributed by atoms with Crippen LogP contribution in [0, 0.1) is 0 Å². The predicted octanol–water partition coefficient (Wildman–Crippen LogP) is 2.05. The van der Waals surface area contributed by atoms with E-state index >= 15 is 0 Å². The van der Waals surface area contributed by atoms with Crippen molar-refractivity contribution >= 4 is 28.7 Å². The van der Waals surface area contributed by atoms with Gasteiger partial charge in [-0.1, -0.05) is 19.8 Å². The van der Waals surface area contributed by atoms with Gasteiger partial charge in [0.25, 0.3) is 0 Å². The Balaban J connectivity index is 2.33. The topological polar surface area (TPSA) is 106 Å². The van der Waals surface area contributed by atoms with Gasteiger partial charge in [0.15, 0.2) is 5.82 Å². The summed E-state index contributed by atoms with van der Waals surface area (Å²) in [6, 6.07) is 2.57. The molecule has 0 aliphatic heterocycles. The molecule has 0 aromatic carbocycles. The molecule has 0 aliphatic carbocycles. The number of nitrogens with one attached hydrogen (secondary N) is 2. The maximum Gasteiger partial charge on any atom is 0.222 e. The van der Waals surface area contributed by atoms with Crippen molar-refractivity contribution in [3.63, 3.8) is 0 Å². The van der Waals surface area contributed by atoms with E-state index in [0.29, 0.717) is 23.3 Å². The largest absolute Gasteiger partial charge is 0.368 e. The molecule has 8 heteroatoms. The minimum Gasteiger partial charge on any atom is -0.368 e.